The quantitative estimate of drug-likeness (QED) is 0.507. The van der Waals surface area contributed by atoms with E-state index >= 15 is 0 Å². The fraction of sp³-hybridized carbons (Fsp3) is 0.435. The van der Waals surface area contributed by atoms with E-state index in [1.165, 1.54) is 16.4 Å². The first-order chi connectivity index (χ1) is 16.5. The lowest BCUT2D eigenvalue weighted by Crippen LogP contribution is -2.39. The van der Waals surface area contributed by atoms with Crippen molar-refractivity contribution < 1.29 is 45.4 Å². The topological polar surface area (TPSA) is 93.1 Å². The van der Waals surface area contributed by atoms with Crippen LogP contribution < -0.4 is 9.47 Å². The van der Waals surface area contributed by atoms with Crippen LogP contribution in [0.3, 0.4) is 0 Å². The van der Waals surface area contributed by atoms with Crippen LogP contribution >= 0.6 is 0 Å². The van der Waals surface area contributed by atoms with Crippen LogP contribution in [0.2, 0.25) is 0 Å². The second kappa shape index (κ2) is 9.65. The molecule has 1 saturated heterocycles. The Hall–Kier alpha value is -2.86. The summed E-state index contributed by atoms with van der Waals surface area (Å²) in [6.45, 7) is 0.612. The maximum Gasteiger partial charge on any atom is 0.573 e. The standard InChI is InChI=1S/C23H23F4NO6S/c24-21-18(22(29)30)7-8-19(20(21)15-1-2-15)33-13-14-9-11-28(12-10-14)35(31,32)17-5-3-16(4-6-17)34-23(25,26)27/h3-8,14-15H,1-2,9-13H2,(H,29,30). The molecule has 2 fully saturated rings. The predicted octanol–water partition coefficient (Wildman–Crippen LogP) is 4.78. The van der Waals surface area contributed by atoms with Gasteiger partial charge in [0.1, 0.15) is 17.3 Å². The number of ether oxygens (including phenoxy) is 2. The molecule has 12 heteroatoms. The third-order valence-electron chi connectivity index (χ3n) is 6.10. The Labute approximate surface area is 199 Å². The van der Waals surface area contributed by atoms with Crippen molar-refractivity contribution >= 4 is 16.0 Å². The number of aromatic carboxylic acids is 1. The number of piperidine rings is 1. The molecule has 0 spiro atoms. The number of hydrogen-bond donors (Lipinski definition) is 1. The van der Waals surface area contributed by atoms with Gasteiger partial charge in [-0.05, 0) is 73.9 Å². The lowest BCUT2D eigenvalue weighted by Gasteiger charge is -2.31. The zero-order chi connectivity index (χ0) is 25.4. The van der Waals surface area contributed by atoms with Crippen LogP contribution in [0.15, 0.2) is 41.3 Å². The van der Waals surface area contributed by atoms with E-state index in [-0.39, 0.29) is 42.0 Å². The zero-order valence-corrected chi connectivity index (χ0v) is 19.2. The van der Waals surface area contributed by atoms with Crippen molar-refractivity contribution in [2.75, 3.05) is 19.7 Å². The number of carboxylic acids is 1. The largest absolute Gasteiger partial charge is 0.573 e. The molecule has 2 aromatic rings. The fourth-order valence-electron chi connectivity index (χ4n) is 4.10. The molecular formula is C23H23F4NO6S. The summed E-state index contributed by atoms with van der Waals surface area (Å²) in [5.41, 5.74) is -0.112. The van der Waals surface area contributed by atoms with Gasteiger partial charge in [-0.1, -0.05) is 0 Å². The van der Waals surface area contributed by atoms with Gasteiger partial charge in [-0.15, -0.1) is 13.2 Å². The Morgan fingerprint density at radius 1 is 1.03 bits per heavy atom. The van der Waals surface area contributed by atoms with Crippen molar-refractivity contribution in [3.8, 4) is 11.5 Å². The van der Waals surface area contributed by atoms with Gasteiger partial charge in [0, 0.05) is 18.7 Å². The summed E-state index contributed by atoms with van der Waals surface area (Å²) in [5.74, 6) is -2.38. The summed E-state index contributed by atoms with van der Waals surface area (Å²) in [4.78, 5) is 11.1. The van der Waals surface area contributed by atoms with Gasteiger partial charge in [0.05, 0.1) is 17.1 Å². The van der Waals surface area contributed by atoms with Crippen LogP contribution in [0.1, 0.15) is 47.5 Å². The highest BCUT2D eigenvalue weighted by atomic mass is 32.2. The van der Waals surface area contributed by atoms with Crippen molar-refractivity contribution in [3.63, 3.8) is 0 Å². The highest BCUT2D eigenvalue weighted by Crippen LogP contribution is 2.46. The van der Waals surface area contributed by atoms with E-state index < -0.39 is 39.5 Å². The number of halogens is 4. The maximum atomic E-state index is 14.7. The van der Waals surface area contributed by atoms with E-state index in [1.807, 2.05) is 0 Å². The molecule has 190 valence electrons. The third-order valence-corrected chi connectivity index (χ3v) is 8.01. The molecule has 1 saturated carbocycles. The normalized spacial score (nSPS) is 17.8. The molecule has 1 aliphatic heterocycles. The van der Waals surface area contributed by atoms with Gasteiger partial charge in [-0.25, -0.2) is 17.6 Å². The molecule has 0 aromatic heterocycles. The van der Waals surface area contributed by atoms with E-state index in [2.05, 4.69) is 4.74 Å². The minimum absolute atomic E-state index is 0.00160. The summed E-state index contributed by atoms with van der Waals surface area (Å²) < 4.78 is 88.2. The van der Waals surface area contributed by atoms with Crippen LogP contribution in [0, 0.1) is 11.7 Å². The number of nitrogens with zero attached hydrogens (tertiary/aromatic N) is 1. The van der Waals surface area contributed by atoms with Gasteiger partial charge in [0.2, 0.25) is 10.0 Å². The number of hydrogen-bond acceptors (Lipinski definition) is 5. The van der Waals surface area contributed by atoms with E-state index in [0.717, 1.165) is 37.1 Å². The predicted molar refractivity (Wildman–Crippen MR) is 115 cm³/mol. The number of carboxylic acid groups (broad SMARTS) is 1. The molecule has 0 bridgehead atoms. The van der Waals surface area contributed by atoms with Crippen LogP contribution in [0.5, 0.6) is 11.5 Å². The van der Waals surface area contributed by atoms with Gasteiger partial charge in [-0.3, -0.25) is 0 Å². The zero-order valence-electron chi connectivity index (χ0n) is 18.4. The Morgan fingerprint density at radius 3 is 2.20 bits per heavy atom. The Morgan fingerprint density at radius 2 is 1.66 bits per heavy atom. The molecule has 7 nitrogen and oxygen atoms in total. The number of carbonyl (C=O) groups is 1. The second-order valence-corrected chi connectivity index (χ2v) is 10.5. The molecule has 4 rings (SSSR count). The Balaban J connectivity index is 1.35. The lowest BCUT2D eigenvalue weighted by molar-refractivity contribution is -0.274. The first-order valence-electron chi connectivity index (χ1n) is 11.0. The van der Waals surface area contributed by atoms with Gasteiger partial charge in [-0.2, -0.15) is 4.31 Å². The summed E-state index contributed by atoms with van der Waals surface area (Å²) in [6, 6.07) is 6.69. The molecule has 0 radical (unpaired) electrons. The maximum absolute atomic E-state index is 14.7. The molecule has 1 N–H and O–H groups in total. The number of rotatable bonds is 8. The minimum Gasteiger partial charge on any atom is -0.493 e. The van der Waals surface area contributed by atoms with E-state index in [0.29, 0.717) is 18.6 Å². The Kier molecular flexibility index (Phi) is 6.96. The SMILES string of the molecule is O=C(O)c1ccc(OCC2CCN(S(=O)(=O)c3ccc(OC(F)(F)F)cc3)CC2)c(C2CC2)c1F. The lowest BCUT2D eigenvalue weighted by atomic mass is 9.99. The second-order valence-electron chi connectivity index (χ2n) is 8.60. The van der Waals surface area contributed by atoms with Crippen molar-refractivity contribution in [3.05, 3.63) is 53.3 Å². The molecular weight excluding hydrogens is 494 g/mol. The van der Waals surface area contributed by atoms with Crippen molar-refractivity contribution in [2.24, 2.45) is 5.92 Å². The molecule has 2 aromatic carbocycles. The van der Waals surface area contributed by atoms with Crippen molar-refractivity contribution in [1.29, 1.82) is 0 Å². The molecule has 1 heterocycles. The monoisotopic (exact) mass is 517 g/mol. The Bertz CT molecular complexity index is 1190. The summed E-state index contributed by atoms with van der Waals surface area (Å²) in [5, 5.41) is 9.16. The summed E-state index contributed by atoms with van der Waals surface area (Å²) in [7, 11) is -3.89. The number of benzene rings is 2. The van der Waals surface area contributed by atoms with E-state index in [1.54, 1.807) is 0 Å². The molecule has 2 aliphatic rings. The van der Waals surface area contributed by atoms with E-state index in [4.69, 9.17) is 9.84 Å². The highest BCUT2D eigenvalue weighted by molar-refractivity contribution is 7.89. The fourth-order valence-corrected chi connectivity index (χ4v) is 5.57. The van der Waals surface area contributed by atoms with Crippen LogP contribution in [0.25, 0.3) is 0 Å². The average Bonchev–Trinajstić information content (AvgIpc) is 3.62. The smallest absolute Gasteiger partial charge is 0.493 e. The third kappa shape index (κ3) is 5.87. The number of alkyl halides is 3. The van der Waals surface area contributed by atoms with Gasteiger partial charge >= 0.3 is 12.3 Å². The summed E-state index contributed by atoms with van der Waals surface area (Å²) in [6.07, 6.45) is -2.40. The van der Waals surface area contributed by atoms with E-state index in [9.17, 15) is 30.8 Å². The highest BCUT2D eigenvalue weighted by Gasteiger charge is 2.34. The first kappa shape index (κ1) is 25.2. The summed E-state index contributed by atoms with van der Waals surface area (Å²) >= 11 is 0. The first-order valence-corrected chi connectivity index (χ1v) is 12.4. The van der Waals surface area contributed by atoms with Gasteiger partial charge in [0.25, 0.3) is 0 Å². The van der Waals surface area contributed by atoms with Crippen LogP contribution in [-0.4, -0.2) is 49.9 Å². The molecule has 0 amide bonds. The molecule has 0 unspecified atom stereocenters. The van der Waals surface area contributed by atoms with Gasteiger partial charge in [0.15, 0.2) is 0 Å². The molecule has 35 heavy (non-hydrogen) atoms. The molecule has 1 aliphatic carbocycles. The minimum atomic E-state index is -4.87. The van der Waals surface area contributed by atoms with Crippen LogP contribution in [-0.2, 0) is 10.0 Å². The van der Waals surface area contributed by atoms with Gasteiger partial charge < -0.3 is 14.6 Å². The molecule has 0 atom stereocenters. The van der Waals surface area contributed by atoms with Crippen molar-refractivity contribution in [1.82, 2.24) is 4.31 Å². The average molecular weight is 517 g/mol. The number of sulfonamides is 1. The van der Waals surface area contributed by atoms with Crippen LogP contribution in [0.4, 0.5) is 17.6 Å². The van der Waals surface area contributed by atoms with Crippen molar-refractivity contribution in [2.45, 2.75) is 42.9 Å².